The minimum Gasteiger partial charge on any atom is -0.496 e. The molecule has 18 heavy (non-hydrogen) atoms. The molecule has 0 spiro atoms. The van der Waals surface area contributed by atoms with E-state index in [0.29, 0.717) is 12.5 Å². The zero-order chi connectivity index (χ0) is 13.4. The molecular formula is C13H20BrN3O. The van der Waals surface area contributed by atoms with E-state index in [-0.39, 0.29) is 0 Å². The predicted molar refractivity (Wildman–Crippen MR) is 78.9 cm³/mol. The third-order valence-electron chi connectivity index (χ3n) is 2.48. The Labute approximate surface area is 117 Å². The van der Waals surface area contributed by atoms with Crippen molar-refractivity contribution in [1.29, 1.82) is 0 Å². The number of nitrogens with zero attached hydrogens (tertiary/aromatic N) is 1. The van der Waals surface area contributed by atoms with E-state index in [4.69, 9.17) is 10.5 Å². The van der Waals surface area contributed by atoms with Gasteiger partial charge < -0.3 is 15.8 Å². The molecule has 0 unspecified atom stereocenters. The van der Waals surface area contributed by atoms with Crippen molar-refractivity contribution in [3.05, 3.63) is 28.2 Å². The number of nitrogens with two attached hydrogens (primary N) is 1. The number of halogens is 1. The van der Waals surface area contributed by atoms with Crippen molar-refractivity contribution in [3.8, 4) is 5.75 Å². The van der Waals surface area contributed by atoms with Crippen molar-refractivity contribution >= 4 is 21.9 Å². The number of benzene rings is 1. The van der Waals surface area contributed by atoms with Crippen molar-refractivity contribution in [2.45, 2.75) is 26.3 Å². The molecular weight excluding hydrogens is 294 g/mol. The highest BCUT2D eigenvalue weighted by Crippen LogP contribution is 2.25. The fourth-order valence-electron chi connectivity index (χ4n) is 1.43. The van der Waals surface area contributed by atoms with Crippen LogP contribution in [-0.4, -0.2) is 19.6 Å². The van der Waals surface area contributed by atoms with Crippen LogP contribution in [0.4, 0.5) is 0 Å². The number of nitrogens with one attached hydrogen (secondary N) is 1. The summed E-state index contributed by atoms with van der Waals surface area (Å²) < 4.78 is 6.10. The molecule has 0 aliphatic heterocycles. The molecule has 0 aromatic heterocycles. The summed E-state index contributed by atoms with van der Waals surface area (Å²) in [6.07, 6.45) is 2.25. The van der Waals surface area contributed by atoms with Gasteiger partial charge >= 0.3 is 0 Å². The molecule has 0 aliphatic carbocycles. The molecule has 0 radical (unpaired) electrons. The molecule has 0 heterocycles. The van der Waals surface area contributed by atoms with Crippen LogP contribution in [0.3, 0.4) is 0 Å². The van der Waals surface area contributed by atoms with Crippen molar-refractivity contribution in [2.75, 3.05) is 13.7 Å². The van der Waals surface area contributed by atoms with Crippen LogP contribution < -0.4 is 15.8 Å². The summed E-state index contributed by atoms with van der Waals surface area (Å²) in [5.74, 6) is 1.31. The Balaban J connectivity index is 2.52. The third kappa shape index (κ3) is 4.96. The standard InChI is InChI=1S/C13H20BrN3O/c1-3-4-7-16-13(15)17-9-10-5-6-12(18-2)11(14)8-10/h5-6,8H,3-4,7,9H2,1-2H3,(H3,15,16,17). The summed E-state index contributed by atoms with van der Waals surface area (Å²) in [7, 11) is 1.65. The molecule has 3 N–H and O–H groups in total. The number of hydrogen-bond acceptors (Lipinski definition) is 2. The number of unbranched alkanes of at least 4 members (excludes halogenated alkanes) is 1. The monoisotopic (exact) mass is 313 g/mol. The zero-order valence-electron chi connectivity index (χ0n) is 10.9. The molecule has 0 aliphatic rings. The molecule has 0 saturated carbocycles. The van der Waals surface area contributed by atoms with Crippen LogP contribution in [0.2, 0.25) is 0 Å². The van der Waals surface area contributed by atoms with Gasteiger partial charge in [0.15, 0.2) is 5.96 Å². The van der Waals surface area contributed by atoms with Crippen molar-refractivity contribution in [1.82, 2.24) is 5.32 Å². The Kier molecular flexibility index (Phi) is 6.57. The van der Waals surface area contributed by atoms with Gasteiger partial charge in [-0.3, -0.25) is 0 Å². The number of ether oxygens (including phenoxy) is 1. The second-order valence-electron chi connectivity index (χ2n) is 3.95. The smallest absolute Gasteiger partial charge is 0.188 e. The maximum Gasteiger partial charge on any atom is 0.188 e. The van der Waals surface area contributed by atoms with E-state index in [1.807, 2.05) is 18.2 Å². The van der Waals surface area contributed by atoms with Crippen LogP contribution in [0, 0.1) is 0 Å². The lowest BCUT2D eigenvalue weighted by Crippen LogP contribution is -2.32. The van der Waals surface area contributed by atoms with E-state index in [1.54, 1.807) is 7.11 Å². The first-order valence-electron chi connectivity index (χ1n) is 6.03. The van der Waals surface area contributed by atoms with E-state index in [9.17, 15) is 0 Å². The molecule has 100 valence electrons. The van der Waals surface area contributed by atoms with Crippen LogP contribution in [0.15, 0.2) is 27.7 Å². The average Bonchev–Trinajstić information content (AvgIpc) is 2.37. The van der Waals surface area contributed by atoms with E-state index in [2.05, 4.69) is 33.2 Å². The van der Waals surface area contributed by atoms with Crippen LogP contribution in [-0.2, 0) is 6.54 Å². The first kappa shape index (κ1) is 14.8. The van der Waals surface area contributed by atoms with Crippen LogP contribution in [0.5, 0.6) is 5.75 Å². The van der Waals surface area contributed by atoms with Gasteiger partial charge in [-0.05, 0) is 40.0 Å². The van der Waals surface area contributed by atoms with Gasteiger partial charge in [0.05, 0.1) is 18.1 Å². The SMILES string of the molecule is CCCCNC(N)=NCc1ccc(OC)c(Br)c1. The van der Waals surface area contributed by atoms with Gasteiger partial charge in [-0.15, -0.1) is 0 Å². The van der Waals surface area contributed by atoms with E-state index >= 15 is 0 Å². The van der Waals surface area contributed by atoms with Crippen molar-refractivity contribution in [2.24, 2.45) is 10.7 Å². The molecule has 4 nitrogen and oxygen atoms in total. The lowest BCUT2D eigenvalue weighted by atomic mass is 10.2. The molecule has 0 bridgehead atoms. The first-order chi connectivity index (χ1) is 8.67. The van der Waals surface area contributed by atoms with Gasteiger partial charge in [-0.1, -0.05) is 19.4 Å². The summed E-state index contributed by atoms with van der Waals surface area (Å²) in [5.41, 5.74) is 6.84. The maximum atomic E-state index is 5.76. The fraction of sp³-hybridized carbons (Fsp3) is 0.462. The van der Waals surface area contributed by atoms with Gasteiger partial charge in [0.1, 0.15) is 5.75 Å². The number of rotatable bonds is 6. The van der Waals surface area contributed by atoms with Crippen molar-refractivity contribution < 1.29 is 4.74 Å². The predicted octanol–water partition coefficient (Wildman–Crippen LogP) is 2.66. The second-order valence-corrected chi connectivity index (χ2v) is 4.81. The van der Waals surface area contributed by atoms with Crippen LogP contribution in [0.1, 0.15) is 25.3 Å². The van der Waals surface area contributed by atoms with Gasteiger partial charge in [-0.2, -0.15) is 0 Å². The van der Waals surface area contributed by atoms with E-state index in [0.717, 1.165) is 35.2 Å². The number of guanidine groups is 1. The normalized spacial score (nSPS) is 11.4. The van der Waals surface area contributed by atoms with Crippen molar-refractivity contribution in [3.63, 3.8) is 0 Å². The third-order valence-corrected chi connectivity index (χ3v) is 3.10. The molecule has 1 aromatic carbocycles. The Bertz CT molecular complexity index is 407. The van der Waals surface area contributed by atoms with E-state index in [1.165, 1.54) is 0 Å². The van der Waals surface area contributed by atoms with Crippen LogP contribution >= 0.6 is 15.9 Å². The van der Waals surface area contributed by atoms with E-state index < -0.39 is 0 Å². The van der Waals surface area contributed by atoms with Crippen LogP contribution in [0.25, 0.3) is 0 Å². The maximum absolute atomic E-state index is 5.76. The quantitative estimate of drug-likeness (QED) is 0.482. The number of hydrogen-bond donors (Lipinski definition) is 2. The molecule has 0 saturated heterocycles. The molecule has 5 heteroatoms. The highest BCUT2D eigenvalue weighted by molar-refractivity contribution is 9.10. The van der Waals surface area contributed by atoms with Gasteiger partial charge in [0.25, 0.3) is 0 Å². The summed E-state index contributed by atoms with van der Waals surface area (Å²) >= 11 is 3.45. The summed E-state index contributed by atoms with van der Waals surface area (Å²) in [6, 6.07) is 5.88. The average molecular weight is 314 g/mol. The minimum absolute atomic E-state index is 0.496. The Hall–Kier alpha value is -1.23. The number of methoxy groups -OCH3 is 1. The Morgan fingerprint density at radius 1 is 1.50 bits per heavy atom. The fourth-order valence-corrected chi connectivity index (χ4v) is 2.02. The summed E-state index contributed by atoms with van der Waals surface area (Å²) in [4.78, 5) is 4.28. The Morgan fingerprint density at radius 2 is 2.28 bits per heavy atom. The lowest BCUT2D eigenvalue weighted by molar-refractivity contribution is 0.412. The lowest BCUT2D eigenvalue weighted by Gasteiger charge is -2.06. The first-order valence-corrected chi connectivity index (χ1v) is 6.83. The second kappa shape index (κ2) is 7.97. The molecule has 1 rings (SSSR count). The highest BCUT2D eigenvalue weighted by Gasteiger charge is 2.01. The Morgan fingerprint density at radius 3 is 2.89 bits per heavy atom. The van der Waals surface area contributed by atoms with Gasteiger partial charge in [0, 0.05) is 6.54 Å². The van der Waals surface area contributed by atoms with Gasteiger partial charge in [0.2, 0.25) is 0 Å². The summed E-state index contributed by atoms with van der Waals surface area (Å²) in [5, 5.41) is 3.08. The zero-order valence-corrected chi connectivity index (χ0v) is 12.5. The topological polar surface area (TPSA) is 59.6 Å². The highest BCUT2D eigenvalue weighted by atomic mass is 79.9. The molecule has 0 atom stereocenters. The molecule has 0 fully saturated rings. The minimum atomic E-state index is 0.496. The molecule has 1 aromatic rings. The number of aliphatic imine (C=N–C) groups is 1. The molecule has 0 amide bonds. The largest absolute Gasteiger partial charge is 0.496 e. The van der Waals surface area contributed by atoms with Gasteiger partial charge in [-0.25, -0.2) is 4.99 Å². The summed E-state index contributed by atoms with van der Waals surface area (Å²) in [6.45, 7) is 3.58.